The number of aromatic nitrogens is 2. The van der Waals surface area contributed by atoms with E-state index < -0.39 is 11.4 Å². The molecule has 5 nitrogen and oxygen atoms in total. The van der Waals surface area contributed by atoms with Crippen molar-refractivity contribution in [2.75, 3.05) is 0 Å². The predicted molar refractivity (Wildman–Crippen MR) is 49.6 cm³/mol. The van der Waals surface area contributed by atoms with E-state index in [1.807, 2.05) is 0 Å². The van der Waals surface area contributed by atoms with Crippen molar-refractivity contribution in [2.45, 2.75) is 0 Å². The predicted octanol–water partition coefficient (Wildman–Crippen LogP) is 0.336. The number of aromatic carboxylic acids is 1. The Morgan fingerprint density at radius 1 is 1.50 bits per heavy atom. The van der Waals surface area contributed by atoms with Gasteiger partial charge in [0.05, 0.1) is 0 Å². The highest BCUT2D eigenvalue weighted by Gasteiger charge is 2.12. The molecule has 0 spiro atoms. The summed E-state index contributed by atoms with van der Waals surface area (Å²) in [5.74, 6) is -1.20. The highest BCUT2D eigenvalue weighted by Crippen LogP contribution is 2.00. The molecule has 0 radical (unpaired) electrons. The summed E-state index contributed by atoms with van der Waals surface area (Å²) < 4.78 is 3.15. The summed E-state index contributed by atoms with van der Waals surface area (Å²) in [5, 5.41) is 8.76. The van der Waals surface area contributed by atoms with Gasteiger partial charge >= 0.3 is 5.97 Å². The highest BCUT2D eigenvalue weighted by atomic mass is 16.4. The molecule has 0 saturated carbocycles. The van der Waals surface area contributed by atoms with Crippen molar-refractivity contribution in [2.24, 2.45) is 7.05 Å². The fourth-order valence-electron chi connectivity index (χ4n) is 1.43. The molecule has 1 N–H and O–H groups in total. The molecule has 2 heterocycles. The Balaban J connectivity index is 2.96. The first-order chi connectivity index (χ1) is 6.61. The lowest BCUT2D eigenvalue weighted by molar-refractivity contribution is 0.0694. The van der Waals surface area contributed by atoms with Crippen molar-refractivity contribution in [1.82, 2.24) is 9.20 Å². The zero-order valence-corrected chi connectivity index (χ0v) is 7.47. The SMILES string of the molecule is Cn1cc(C(=O)O)c(=O)c2cccn21. The van der Waals surface area contributed by atoms with E-state index in [1.54, 1.807) is 34.6 Å². The van der Waals surface area contributed by atoms with Gasteiger partial charge in [0.15, 0.2) is 0 Å². The molecule has 72 valence electrons. The number of hydrogen-bond donors (Lipinski definition) is 1. The maximum Gasteiger partial charge on any atom is 0.341 e. The zero-order chi connectivity index (χ0) is 10.3. The lowest BCUT2D eigenvalue weighted by Gasteiger charge is -2.05. The topological polar surface area (TPSA) is 63.7 Å². The first kappa shape index (κ1) is 8.55. The summed E-state index contributed by atoms with van der Waals surface area (Å²) in [4.78, 5) is 22.3. The highest BCUT2D eigenvalue weighted by molar-refractivity contribution is 5.88. The smallest absolute Gasteiger partial charge is 0.341 e. The van der Waals surface area contributed by atoms with E-state index in [-0.39, 0.29) is 5.56 Å². The Hall–Kier alpha value is -2.04. The van der Waals surface area contributed by atoms with Gasteiger partial charge in [-0.3, -0.25) is 14.0 Å². The molecule has 0 aromatic carbocycles. The van der Waals surface area contributed by atoms with E-state index in [0.717, 1.165) is 0 Å². The summed E-state index contributed by atoms with van der Waals surface area (Å²) >= 11 is 0. The van der Waals surface area contributed by atoms with Gasteiger partial charge in [-0.2, -0.15) is 0 Å². The van der Waals surface area contributed by atoms with Gasteiger partial charge in [-0.15, -0.1) is 0 Å². The number of carboxylic acid groups (broad SMARTS) is 1. The van der Waals surface area contributed by atoms with Crippen molar-refractivity contribution < 1.29 is 9.90 Å². The maximum absolute atomic E-state index is 11.6. The Bertz CT molecular complexity index is 565. The molecular formula is C9H8N2O3. The van der Waals surface area contributed by atoms with E-state index >= 15 is 0 Å². The minimum Gasteiger partial charge on any atom is -0.477 e. The number of fused-ring (bicyclic) bond motifs is 1. The van der Waals surface area contributed by atoms with Crippen LogP contribution in [-0.4, -0.2) is 20.3 Å². The fourth-order valence-corrected chi connectivity index (χ4v) is 1.43. The van der Waals surface area contributed by atoms with Crippen LogP contribution in [0.1, 0.15) is 10.4 Å². The molecule has 0 saturated heterocycles. The quantitative estimate of drug-likeness (QED) is 0.708. The molecule has 2 aromatic heterocycles. The van der Waals surface area contributed by atoms with E-state index in [9.17, 15) is 9.59 Å². The molecule has 14 heavy (non-hydrogen) atoms. The number of carbonyl (C=O) groups is 1. The van der Waals surface area contributed by atoms with Gasteiger partial charge in [-0.05, 0) is 12.1 Å². The number of rotatable bonds is 1. The molecule has 2 rings (SSSR count). The molecule has 0 aliphatic carbocycles. The van der Waals surface area contributed by atoms with E-state index in [0.29, 0.717) is 5.52 Å². The molecule has 0 amide bonds. The van der Waals surface area contributed by atoms with Crippen LogP contribution in [0, 0.1) is 0 Å². The van der Waals surface area contributed by atoms with Gasteiger partial charge < -0.3 is 5.11 Å². The molecule has 0 atom stereocenters. The van der Waals surface area contributed by atoms with Crippen LogP contribution in [-0.2, 0) is 7.05 Å². The average molecular weight is 192 g/mol. The molecule has 0 unspecified atom stereocenters. The number of carboxylic acids is 1. The average Bonchev–Trinajstić information content (AvgIpc) is 2.59. The van der Waals surface area contributed by atoms with E-state index in [1.165, 1.54) is 6.20 Å². The van der Waals surface area contributed by atoms with Gasteiger partial charge in [-0.25, -0.2) is 4.79 Å². The van der Waals surface area contributed by atoms with Crippen molar-refractivity contribution >= 4 is 11.5 Å². The van der Waals surface area contributed by atoms with Crippen molar-refractivity contribution in [1.29, 1.82) is 0 Å². The Labute approximate surface area is 78.8 Å². The van der Waals surface area contributed by atoms with Gasteiger partial charge in [0.25, 0.3) is 0 Å². The first-order valence-corrected chi connectivity index (χ1v) is 4.01. The molecule has 5 heteroatoms. The molecule has 0 aliphatic rings. The zero-order valence-electron chi connectivity index (χ0n) is 7.47. The second-order valence-electron chi connectivity index (χ2n) is 2.99. The molecule has 0 bridgehead atoms. The monoisotopic (exact) mass is 192 g/mol. The summed E-state index contributed by atoms with van der Waals surface area (Å²) in [7, 11) is 1.68. The standard InChI is InChI=1S/C9H8N2O3/c1-10-5-6(9(13)14)8(12)7-3-2-4-11(7)10/h2-5H,1H3,(H,13,14). The normalized spacial score (nSPS) is 10.6. The Morgan fingerprint density at radius 3 is 2.86 bits per heavy atom. The lowest BCUT2D eigenvalue weighted by Crippen LogP contribution is -2.21. The molecule has 2 aromatic rings. The van der Waals surface area contributed by atoms with Gasteiger partial charge in [0.1, 0.15) is 11.1 Å². The minimum absolute atomic E-state index is 0.210. The molecular weight excluding hydrogens is 184 g/mol. The van der Waals surface area contributed by atoms with Crippen LogP contribution in [0.2, 0.25) is 0 Å². The summed E-state index contributed by atoms with van der Waals surface area (Å²) in [6, 6.07) is 3.29. The second-order valence-corrected chi connectivity index (χ2v) is 2.99. The summed E-state index contributed by atoms with van der Waals surface area (Å²) in [5.41, 5.74) is -0.299. The summed E-state index contributed by atoms with van der Waals surface area (Å²) in [6.07, 6.45) is 3.00. The minimum atomic E-state index is -1.20. The third kappa shape index (κ3) is 1.02. The second kappa shape index (κ2) is 2.73. The molecule has 0 fully saturated rings. The fraction of sp³-hybridized carbons (Fsp3) is 0.111. The van der Waals surface area contributed by atoms with Crippen LogP contribution < -0.4 is 5.43 Å². The first-order valence-electron chi connectivity index (χ1n) is 4.01. The van der Waals surface area contributed by atoms with Gasteiger partial charge in [-0.1, -0.05) is 0 Å². The van der Waals surface area contributed by atoms with Gasteiger partial charge in [0.2, 0.25) is 5.43 Å². The third-order valence-electron chi connectivity index (χ3n) is 2.09. The van der Waals surface area contributed by atoms with Crippen LogP contribution >= 0.6 is 0 Å². The lowest BCUT2D eigenvalue weighted by atomic mass is 10.3. The third-order valence-corrected chi connectivity index (χ3v) is 2.09. The maximum atomic E-state index is 11.6. The van der Waals surface area contributed by atoms with Crippen LogP contribution in [0.25, 0.3) is 5.52 Å². The summed E-state index contributed by atoms with van der Waals surface area (Å²) in [6.45, 7) is 0. The number of hydrogen-bond acceptors (Lipinski definition) is 2. The van der Waals surface area contributed by atoms with E-state index in [2.05, 4.69) is 0 Å². The van der Waals surface area contributed by atoms with Crippen LogP contribution in [0.4, 0.5) is 0 Å². The number of nitrogens with zero attached hydrogens (tertiary/aromatic N) is 2. The largest absolute Gasteiger partial charge is 0.477 e. The number of aryl methyl sites for hydroxylation is 1. The van der Waals surface area contributed by atoms with E-state index in [4.69, 9.17) is 5.11 Å². The van der Waals surface area contributed by atoms with Gasteiger partial charge in [0, 0.05) is 19.4 Å². The Morgan fingerprint density at radius 2 is 2.21 bits per heavy atom. The van der Waals surface area contributed by atoms with Crippen LogP contribution in [0.5, 0.6) is 0 Å². The van der Waals surface area contributed by atoms with Crippen molar-refractivity contribution in [3.05, 3.63) is 40.3 Å². The Kier molecular flexibility index (Phi) is 1.67. The van der Waals surface area contributed by atoms with Crippen molar-refractivity contribution in [3.8, 4) is 0 Å². The van der Waals surface area contributed by atoms with Crippen LogP contribution in [0.15, 0.2) is 29.3 Å². The van der Waals surface area contributed by atoms with Crippen LogP contribution in [0.3, 0.4) is 0 Å². The van der Waals surface area contributed by atoms with Crippen molar-refractivity contribution in [3.63, 3.8) is 0 Å². The molecule has 0 aliphatic heterocycles.